The zero-order valence-electron chi connectivity index (χ0n) is 12.9. The van der Waals surface area contributed by atoms with Crippen LogP contribution in [-0.4, -0.2) is 21.0 Å². The molecule has 1 aliphatic carbocycles. The highest BCUT2D eigenvalue weighted by atomic mass is 28.3. The second-order valence-corrected chi connectivity index (χ2v) is 12.0. The molecule has 0 bridgehead atoms. The van der Waals surface area contributed by atoms with Gasteiger partial charge in [0, 0.05) is 6.42 Å². The zero-order valence-corrected chi connectivity index (χ0v) is 13.9. The predicted octanol–water partition coefficient (Wildman–Crippen LogP) is 4.54. The lowest BCUT2D eigenvalue weighted by Gasteiger charge is -2.34. The highest BCUT2D eigenvalue weighted by molar-refractivity contribution is 6.78. The normalized spacial score (nSPS) is 22.1. The van der Waals surface area contributed by atoms with Crippen molar-refractivity contribution in [1.29, 1.82) is 0 Å². The molecule has 1 atom stereocenters. The topological polar surface area (TPSA) is 26.3 Å². The van der Waals surface area contributed by atoms with Crippen molar-refractivity contribution >= 4 is 19.9 Å². The number of allylic oxidation sites excluding steroid dienone is 1. The third-order valence-corrected chi connectivity index (χ3v) is 6.75. The first-order valence-corrected chi connectivity index (χ1v) is 10.9. The van der Waals surface area contributed by atoms with E-state index >= 15 is 0 Å². The number of ketones is 1. The summed E-state index contributed by atoms with van der Waals surface area (Å²) in [6, 6.07) is 7.94. The molecule has 3 heteroatoms. The van der Waals surface area contributed by atoms with Crippen LogP contribution >= 0.6 is 0 Å². The molecule has 1 aromatic carbocycles. The molecule has 1 aliphatic rings. The summed E-state index contributed by atoms with van der Waals surface area (Å²) >= 11 is 0. The van der Waals surface area contributed by atoms with Gasteiger partial charge in [-0.15, -0.1) is 0 Å². The molecule has 108 valence electrons. The number of ether oxygens (including phenoxy) is 1. The van der Waals surface area contributed by atoms with E-state index < -0.39 is 8.07 Å². The standard InChI is InChI=1S/C17H24O2Si/c1-19-14-8-5-7-13(11-14)12-15-16(18)9-6-10-17(15)20(2,3)4/h5,7-8,11-12,17H,6,9-10H2,1-4H3. The molecule has 20 heavy (non-hydrogen) atoms. The summed E-state index contributed by atoms with van der Waals surface area (Å²) in [7, 11) is 0.312. The van der Waals surface area contributed by atoms with Crippen LogP contribution < -0.4 is 4.74 Å². The molecule has 1 aromatic rings. The van der Waals surface area contributed by atoms with Gasteiger partial charge < -0.3 is 4.74 Å². The molecule has 0 saturated heterocycles. The van der Waals surface area contributed by atoms with Crippen LogP contribution in [0.3, 0.4) is 0 Å². The lowest BCUT2D eigenvalue weighted by molar-refractivity contribution is -0.116. The summed E-state index contributed by atoms with van der Waals surface area (Å²) < 4.78 is 5.26. The van der Waals surface area contributed by atoms with E-state index in [1.54, 1.807) is 7.11 Å². The molecular weight excluding hydrogens is 264 g/mol. The highest BCUT2D eigenvalue weighted by Gasteiger charge is 2.35. The molecule has 0 aromatic heterocycles. The smallest absolute Gasteiger partial charge is 0.158 e. The molecule has 0 spiro atoms. The molecule has 0 aliphatic heterocycles. The van der Waals surface area contributed by atoms with Crippen LogP contribution in [0.2, 0.25) is 25.2 Å². The summed E-state index contributed by atoms with van der Waals surface area (Å²) in [6.07, 6.45) is 5.00. The van der Waals surface area contributed by atoms with E-state index in [1.807, 2.05) is 24.3 Å². The fraction of sp³-hybridized carbons (Fsp3) is 0.471. The maximum Gasteiger partial charge on any atom is 0.158 e. The van der Waals surface area contributed by atoms with Gasteiger partial charge in [-0.25, -0.2) is 0 Å². The number of Topliss-reactive ketones (excluding diaryl/α,β-unsaturated/α-hetero) is 1. The van der Waals surface area contributed by atoms with Gasteiger partial charge in [0.25, 0.3) is 0 Å². The summed E-state index contributed by atoms with van der Waals surface area (Å²) in [4.78, 5) is 12.3. The molecule has 1 fully saturated rings. The molecule has 0 radical (unpaired) electrons. The largest absolute Gasteiger partial charge is 0.497 e. The van der Waals surface area contributed by atoms with Crippen LogP contribution in [0, 0.1) is 0 Å². The minimum absolute atomic E-state index is 0.339. The minimum atomic E-state index is -1.36. The Hall–Kier alpha value is -1.35. The van der Waals surface area contributed by atoms with Gasteiger partial charge in [0.15, 0.2) is 5.78 Å². The lowest BCUT2D eigenvalue weighted by Crippen LogP contribution is -2.34. The van der Waals surface area contributed by atoms with Crippen LogP contribution in [-0.2, 0) is 4.79 Å². The molecule has 2 rings (SSSR count). The third-order valence-electron chi connectivity index (χ3n) is 4.06. The second kappa shape index (κ2) is 5.96. The van der Waals surface area contributed by atoms with Gasteiger partial charge in [-0.05, 0) is 47.7 Å². The Labute approximate surface area is 122 Å². The monoisotopic (exact) mass is 288 g/mol. The number of hydrogen-bond donors (Lipinski definition) is 0. The van der Waals surface area contributed by atoms with E-state index in [4.69, 9.17) is 4.74 Å². The minimum Gasteiger partial charge on any atom is -0.497 e. The fourth-order valence-electron chi connectivity index (χ4n) is 2.95. The molecule has 0 heterocycles. The predicted molar refractivity (Wildman–Crippen MR) is 86.9 cm³/mol. The molecule has 1 saturated carbocycles. The highest BCUT2D eigenvalue weighted by Crippen LogP contribution is 2.40. The van der Waals surface area contributed by atoms with Gasteiger partial charge in [-0.3, -0.25) is 4.79 Å². The van der Waals surface area contributed by atoms with Crippen molar-refractivity contribution < 1.29 is 9.53 Å². The number of methoxy groups -OCH3 is 1. The number of carbonyl (C=O) groups excluding carboxylic acids is 1. The van der Waals surface area contributed by atoms with Crippen molar-refractivity contribution in [2.75, 3.05) is 7.11 Å². The van der Waals surface area contributed by atoms with Crippen LogP contribution in [0.25, 0.3) is 6.08 Å². The van der Waals surface area contributed by atoms with Gasteiger partial charge >= 0.3 is 0 Å². The Morgan fingerprint density at radius 3 is 2.70 bits per heavy atom. The molecule has 2 nitrogen and oxygen atoms in total. The number of carbonyl (C=O) groups is 1. The van der Waals surface area contributed by atoms with Gasteiger partial charge in [0.2, 0.25) is 0 Å². The van der Waals surface area contributed by atoms with Crippen molar-refractivity contribution in [3.63, 3.8) is 0 Å². The Kier molecular flexibility index (Phi) is 4.48. The van der Waals surface area contributed by atoms with Crippen LogP contribution in [0.1, 0.15) is 24.8 Å². The van der Waals surface area contributed by atoms with Gasteiger partial charge in [-0.1, -0.05) is 31.8 Å². The molecule has 0 amide bonds. The average Bonchev–Trinajstić information content (AvgIpc) is 2.40. The first-order valence-electron chi connectivity index (χ1n) is 7.30. The molecule has 1 unspecified atom stereocenters. The summed E-state index contributed by atoms with van der Waals surface area (Å²) in [5.74, 6) is 1.18. The summed E-state index contributed by atoms with van der Waals surface area (Å²) in [5.41, 5.74) is 2.59. The average molecular weight is 288 g/mol. The summed E-state index contributed by atoms with van der Waals surface area (Å²) in [5, 5.41) is 0. The Balaban J connectivity index is 2.39. The van der Waals surface area contributed by atoms with Crippen molar-refractivity contribution in [1.82, 2.24) is 0 Å². The van der Waals surface area contributed by atoms with E-state index in [0.717, 1.165) is 29.7 Å². The third kappa shape index (κ3) is 3.40. The lowest BCUT2D eigenvalue weighted by atomic mass is 9.91. The van der Waals surface area contributed by atoms with E-state index in [2.05, 4.69) is 25.7 Å². The second-order valence-electron chi connectivity index (χ2n) is 6.61. The van der Waals surface area contributed by atoms with E-state index in [0.29, 0.717) is 17.7 Å². The first kappa shape index (κ1) is 15.0. The Bertz CT molecular complexity index is 526. The summed E-state index contributed by atoms with van der Waals surface area (Å²) in [6.45, 7) is 7.07. The van der Waals surface area contributed by atoms with Gasteiger partial charge in [0.1, 0.15) is 5.75 Å². The molecule has 0 N–H and O–H groups in total. The first-order chi connectivity index (χ1) is 9.41. The van der Waals surface area contributed by atoms with E-state index in [-0.39, 0.29) is 0 Å². The van der Waals surface area contributed by atoms with Crippen LogP contribution in [0.5, 0.6) is 5.75 Å². The van der Waals surface area contributed by atoms with Crippen LogP contribution in [0.4, 0.5) is 0 Å². The Morgan fingerprint density at radius 1 is 1.30 bits per heavy atom. The van der Waals surface area contributed by atoms with E-state index in [9.17, 15) is 4.79 Å². The maximum absolute atomic E-state index is 12.3. The van der Waals surface area contributed by atoms with Crippen LogP contribution in [0.15, 0.2) is 29.8 Å². The van der Waals surface area contributed by atoms with Crippen molar-refractivity contribution in [2.24, 2.45) is 0 Å². The van der Waals surface area contributed by atoms with Gasteiger partial charge in [-0.2, -0.15) is 0 Å². The van der Waals surface area contributed by atoms with E-state index in [1.165, 1.54) is 0 Å². The van der Waals surface area contributed by atoms with Crippen molar-refractivity contribution in [3.8, 4) is 5.75 Å². The fourth-order valence-corrected chi connectivity index (χ4v) is 5.20. The Morgan fingerprint density at radius 2 is 2.05 bits per heavy atom. The number of hydrogen-bond acceptors (Lipinski definition) is 2. The van der Waals surface area contributed by atoms with Crippen molar-refractivity contribution in [2.45, 2.75) is 44.4 Å². The quantitative estimate of drug-likeness (QED) is 0.603. The van der Waals surface area contributed by atoms with Gasteiger partial charge in [0.05, 0.1) is 15.2 Å². The zero-order chi connectivity index (χ0) is 14.8. The number of rotatable bonds is 3. The number of benzene rings is 1. The molecular formula is C17H24O2Si. The SMILES string of the molecule is COc1cccc(C=C2C(=O)CCCC2[Si](C)(C)C)c1. The maximum atomic E-state index is 12.3. The van der Waals surface area contributed by atoms with Crippen molar-refractivity contribution in [3.05, 3.63) is 35.4 Å².